The second-order valence-electron chi connectivity index (χ2n) is 7.28. The summed E-state index contributed by atoms with van der Waals surface area (Å²) < 4.78 is 0. The number of anilines is 1. The van der Waals surface area contributed by atoms with E-state index in [2.05, 4.69) is 27.0 Å². The fourth-order valence-electron chi connectivity index (χ4n) is 3.35. The first kappa shape index (κ1) is 23.4. The molecule has 7 nitrogen and oxygen atoms in total. The number of fused-ring (bicyclic) bond motifs is 1. The molecule has 1 aromatic rings. The van der Waals surface area contributed by atoms with Gasteiger partial charge in [0.25, 0.3) is 0 Å². The molecule has 0 aromatic heterocycles. The van der Waals surface area contributed by atoms with Crippen LogP contribution in [0.25, 0.3) is 0 Å². The average molecular weight is 513 g/mol. The standard InChI is InChI=1S/C21H31N5O2.HI/c1-2-22-21(25-14-13-23-20(28)17-9-10-17)24-12-5-8-19(27)26-15-11-16-6-3-4-7-18(16)26;/h3-4,6-7,17H,2,5,8-15H2,1H3,(H,23,28)(H2,22,24,25);1H. The van der Waals surface area contributed by atoms with Gasteiger partial charge in [0.05, 0.1) is 0 Å². The molecular weight excluding hydrogens is 481 g/mol. The Kier molecular flexibility index (Phi) is 9.69. The van der Waals surface area contributed by atoms with Gasteiger partial charge < -0.3 is 20.9 Å². The number of amides is 2. The van der Waals surface area contributed by atoms with Crippen molar-refractivity contribution in [1.29, 1.82) is 0 Å². The molecule has 2 aliphatic rings. The zero-order valence-corrected chi connectivity index (χ0v) is 19.4. The third kappa shape index (κ3) is 7.17. The Morgan fingerprint density at radius 3 is 2.66 bits per heavy atom. The van der Waals surface area contributed by atoms with Crippen molar-refractivity contribution in [1.82, 2.24) is 16.0 Å². The molecule has 1 aliphatic carbocycles. The lowest BCUT2D eigenvalue weighted by Crippen LogP contribution is -2.41. The Bertz CT molecular complexity index is 721. The van der Waals surface area contributed by atoms with Gasteiger partial charge >= 0.3 is 0 Å². The van der Waals surface area contributed by atoms with Crippen LogP contribution >= 0.6 is 24.0 Å². The molecule has 2 amide bonds. The van der Waals surface area contributed by atoms with E-state index in [0.717, 1.165) is 44.0 Å². The Balaban J connectivity index is 0.00000300. The van der Waals surface area contributed by atoms with Crippen molar-refractivity contribution in [2.75, 3.05) is 37.6 Å². The summed E-state index contributed by atoms with van der Waals surface area (Å²) in [5.74, 6) is 1.29. The summed E-state index contributed by atoms with van der Waals surface area (Å²) in [4.78, 5) is 30.6. The first-order valence-electron chi connectivity index (χ1n) is 10.4. The highest BCUT2D eigenvalue weighted by molar-refractivity contribution is 14.0. The van der Waals surface area contributed by atoms with Crippen LogP contribution < -0.4 is 20.9 Å². The molecular formula is C21H32IN5O2. The molecule has 0 bridgehead atoms. The van der Waals surface area contributed by atoms with Crippen LogP contribution in [0.2, 0.25) is 0 Å². The second-order valence-corrected chi connectivity index (χ2v) is 7.28. The maximum atomic E-state index is 12.5. The van der Waals surface area contributed by atoms with Gasteiger partial charge in [-0.2, -0.15) is 0 Å². The van der Waals surface area contributed by atoms with Crippen molar-refractivity contribution in [3.63, 3.8) is 0 Å². The molecule has 0 unspecified atom stereocenters. The smallest absolute Gasteiger partial charge is 0.227 e. The van der Waals surface area contributed by atoms with Crippen LogP contribution in [-0.2, 0) is 16.0 Å². The number of halogens is 1. The van der Waals surface area contributed by atoms with E-state index < -0.39 is 0 Å². The molecule has 1 aromatic carbocycles. The van der Waals surface area contributed by atoms with Gasteiger partial charge in [-0.15, -0.1) is 24.0 Å². The maximum absolute atomic E-state index is 12.5. The zero-order valence-electron chi connectivity index (χ0n) is 17.1. The number of hydrogen-bond acceptors (Lipinski definition) is 3. The monoisotopic (exact) mass is 513 g/mol. The van der Waals surface area contributed by atoms with Gasteiger partial charge in [0.2, 0.25) is 11.8 Å². The van der Waals surface area contributed by atoms with Crippen molar-refractivity contribution in [3.05, 3.63) is 29.8 Å². The Morgan fingerprint density at radius 1 is 1.14 bits per heavy atom. The molecule has 0 atom stereocenters. The number of rotatable bonds is 9. The molecule has 1 aliphatic heterocycles. The van der Waals surface area contributed by atoms with Crippen LogP contribution in [0.5, 0.6) is 0 Å². The normalized spacial score (nSPS) is 15.3. The average Bonchev–Trinajstić information content (AvgIpc) is 3.47. The van der Waals surface area contributed by atoms with E-state index in [1.54, 1.807) is 0 Å². The van der Waals surface area contributed by atoms with Gasteiger partial charge in [0.15, 0.2) is 5.96 Å². The van der Waals surface area contributed by atoms with Crippen LogP contribution in [-0.4, -0.2) is 50.5 Å². The maximum Gasteiger partial charge on any atom is 0.227 e. The fraction of sp³-hybridized carbons (Fsp3) is 0.571. The molecule has 160 valence electrons. The number of hydrogen-bond donors (Lipinski definition) is 3. The summed E-state index contributed by atoms with van der Waals surface area (Å²) in [6, 6.07) is 8.12. The number of para-hydroxylation sites is 1. The number of carbonyl (C=O) groups excluding carboxylic acids is 2. The van der Waals surface area contributed by atoms with Crippen LogP contribution in [0.4, 0.5) is 5.69 Å². The van der Waals surface area contributed by atoms with E-state index in [1.165, 1.54) is 5.56 Å². The van der Waals surface area contributed by atoms with Gasteiger partial charge in [-0.3, -0.25) is 14.6 Å². The van der Waals surface area contributed by atoms with Gasteiger partial charge in [-0.05, 0) is 44.2 Å². The third-order valence-electron chi connectivity index (χ3n) is 5.02. The topological polar surface area (TPSA) is 85.8 Å². The van der Waals surface area contributed by atoms with Crippen LogP contribution in [0, 0.1) is 5.92 Å². The van der Waals surface area contributed by atoms with Crippen LogP contribution in [0.1, 0.15) is 38.2 Å². The molecule has 0 spiro atoms. The first-order valence-corrected chi connectivity index (χ1v) is 10.4. The Labute approximate surface area is 190 Å². The summed E-state index contributed by atoms with van der Waals surface area (Å²) in [6.07, 6.45) is 4.18. The number of aliphatic imine (C=N–C) groups is 1. The minimum Gasteiger partial charge on any atom is -0.357 e. The summed E-state index contributed by atoms with van der Waals surface area (Å²) in [5, 5.41) is 9.34. The summed E-state index contributed by atoms with van der Waals surface area (Å²) in [7, 11) is 0. The molecule has 29 heavy (non-hydrogen) atoms. The Hall–Kier alpha value is -1.84. The summed E-state index contributed by atoms with van der Waals surface area (Å²) in [5.41, 5.74) is 2.31. The molecule has 1 saturated carbocycles. The van der Waals surface area contributed by atoms with Gasteiger partial charge in [0.1, 0.15) is 0 Å². The first-order chi connectivity index (χ1) is 13.7. The molecule has 3 N–H and O–H groups in total. The van der Waals surface area contributed by atoms with Crippen molar-refractivity contribution in [3.8, 4) is 0 Å². The predicted molar refractivity (Wildman–Crippen MR) is 127 cm³/mol. The molecule has 0 saturated heterocycles. The van der Waals surface area contributed by atoms with Crippen LogP contribution in [0.15, 0.2) is 29.3 Å². The number of nitrogens with zero attached hydrogens (tertiary/aromatic N) is 2. The van der Waals surface area contributed by atoms with Gasteiger partial charge in [-0.25, -0.2) is 0 Å². The number of guanidine groups is 1. The predicted octanol–water partition coefficient (Wildman–Crippen LogP) is 2.06. The highest BCUT2D eigenvalue weighted by atomic mass is 127. The molecule has 1 heterocycles. The molecule has 8 heteroatoms. The highest BCUT2D eigenvalue weighted by Gasteiger charge is 2.29. The van der Waals surface area contributed by atoms with Crippen molar-refractivity contribution >= 4 is 47.4 Å². The summed E-state index contributed by atoms with van der Waals surface area (Å²) in [6.45, 7) is 5.37. The largest absolute Gasteiger partial charge is 0.357 e. The number of nitrogens with one attached hydrogen (secondary N) is 3. The minimum absolute atomic E-state index is 0. The highest BCUT2D eigenvalue weighted by Crippen LogP contribution is 2.29. The van der Waals surface area contributed by atoms with Crippen molar-refractivity contribution in [2.45, 2.75) is 39.0 Å². The minimum atomic E-state index is 0. The van der Waals surface area contributed by atoms with E-state index in [1.807, 2.05) is 30.0 Å². The molecule has 0 radical (unpaired) electrons. The van der Waals surface area contributed by atoms with E-state index in [4.69, 9.17) is 0 Å². The van der Waals surface area contributed by atoms with E-state index in [0.29, 0.717) is 32.5 Å². The third-order valence-corrected chi connectivity index (χ3v) is 5.02. The molecule has 1 fully saturated rings. The SMILES string of the molecule is CCNC(=NCCCC(=O)N1CCc2ccccc21)NCCNC(=O)C1CC1.I. The molecule has 3 rings (SSSR count). The number of benzene rings is 1. The van der Waals surface area contributed by atoms with Gasteiger partial charge in [-0.1, -0.05) is 18.2 Å². The van der Waals surface area contributed by atoms with Crippen LogP contribution in [0.3, 0.4) is 0 Å². The van der Waals surface area contributed by atoms with E-state index >= 15 is 0 Å². The fourth-order valence-corrected chi connectivity index (χ4v) is 3.35. The Morgan fingerprint density at radius 2 is 1.90 bits per heavy atom. The van der Waals surface area contributed by atoms with Gasteiger partial charge in [0, 0.05) is 50.7 Å². The lowest BCUT2D eigenvalue weighted by molar-refractivity contribution is -0.122. The number of carbonyl (C=O) groups is 2. The van der Waals surface area contributed by atoms with Crippen molar-refractivity contribution in [2.24, 2.45) is 10.9 Å². The zero-order chi connectivity index (χ0) is 19.8. The van der Waals surface area contributed by atoms with E-state index in [-0.39, 0.29) is 41.7 Å². The lowest BCUT2D eigenvalue weighted by Gasteiger charge is -2.17. The quantitative estimate of drug-likeness (QED) is 0.204. The van der Waals surface area contributed by atoms with Crippen molar-refractivity contribution < 1.29 is 9.59 Å². The summed E-state index contributed by atoms with van der Waals surface area (Å²) >= 11 is 0. The van der Waals surface area contributed by atoms with E-state index in [9.17, 15) is 9.59 Å². The second kappa shape index (κ2) is 12.0. The lowest BCUT2D eigenvalue weighted by atomic mass is 10.2.